The number of hydrogen-bond acceptors (Lipinski definition) is 3. The second-order valence-corrected chi connectivity index (χ2v) is 1.54. The molecule has 6 N–H and O–H groups in total. The summed E-state index contributed by atoms with van der Waals surface area (Å²) in [5.74, 6) is 3.50. The van der Waals surface area contributed by atoms with Crippen LogP contribution in [0.15, 0.2) is 0 Å². The van der Waals surface area contributed by atoms with Gasteiger partial charge >= 0.3 is 37.4 Å². The Kier molecular flexibility index (Phi) is 16.1. The number of hydrogen-bond donors (Lipinski definition) is 5. The molecule has 0 fully saturated rings. The van der Waals surface area contributed by atoms with Gasteiger partial charge in [-0.2, -0.15) is 0 Å². The molecular weight excluding hydrogens is 148 g/mol. The first-order chi connectivity index (χ1) is 3.00. The average molecular weight is 155 g/mol. The maximum atomic E-state index is 8.88. The Hall–Kier alpha value is 1.03. The molecule has 8 heavy (non-hydrogen) atoms. The van der Waals surface area contributed by atoms with Crippen LogP contribution in [0.3, 0.4) is 0 Å². The molecule has 0 radical (unpaired) electrons. The van der Waals surface area contributed by atoms with Gasteiger partial charge in [0.15, 0.2) is 0 Å². The van der Waals surface area contributed by atoms with Crippen LogP contribution in [0.2, 0.25) is 0 Å². The van der Waals surface area contributed by atoms with E-state index in [0.29, 0.717) is 0 Å². The second kappa shape index (κ2) is 8.03. The fourth-order valence-corrected chi connectivity index (χ4v) is 0. The average Bonchev–Trinajstić information content (AvgIpc) is 1.36. The number of rotatable bonds is 0. The van der Waals surface area contributed by atoms with Gasteiger partial charge in [0.05, 0.1) is 0 Å². The van der Waals surface area contributed by atoms with E-state index in [1.165, 1.54) is 0 Å². The summed E-state index contributed by atoms with van der Waals surface area (Å²) in [6.07, 6.45) is 0. The molecule has 0 heterocycles. The molecule has 48 valence electrons. The Morgan fingerprint density at radius 2 is 1.12 bits per heavy atom. The third kappa shape index (κ3) is 241. The van der Waals surface area contributed by atoms with Crippen LogP contribution in [0, 0.1) is 0 Å². The Morgan fingerprint density at radius 3 is 1.12 bits per heavy atom. The van der Waals surface area contributed by atoms with E-state index in [9.17, 15) is 0 Å². The fourth-order valence-electron chi connectivity index (χ4n) is 0. The molecular formula is H7NNaO5P. The summed E-state index contributed by atoms with van der Waals surface area (Å²) in [6, 6.07) is 0. The van der Waals surface area contributed by atoms with Crippen LogP contribution in [0.4, 0.5) is 0 Å². The van der Waals surface area contributed by atoms with E-state index in [1.807, 2.05) is 0 Å². The maximum absolute atomic E-state index is 8.88. The summed E-state index contributed by atoms with van der Waals surface area (Å²) in [7, 11) is -4.64. The van der Waals surface area contributed by atoms with Gasteiger partial charge < -0.3 is 19.9 Å². The van der Waals surface area contributed by atoms with Crippen molar-refractivity contribution in [2.75, 3.05) is 0 Å². The van der Waals surface area contributed by atoms with E-state index in [2.05, 4.69) is 5.90 Å². The quantitative estimate of drug-likeness (QED) is 0.153. The van der Waals surface area contributed by atoms with E-state index in [-0.39, 0.29) is 29.6 Å². The van der Waals surface area contributed by atoms with Gasteiger partial charge in [-0.15, -0.1) is 0 Å². The molecule has 0 saturated carbocycles. The van der Waals surface area contributed by atoms with Crippen LogP contribution < -0.4 is 5.90 Å². The van der Waals surface area contributed by atoms with Gasteiger partial charge in [0.25, 0.3) is 0 Å². The first kappa shape index (κ1) is 16.0. The van der Waals surface area contributed by atoms with Crippen molar-refractivity contribution in [2.24, 2.45) is 5.90 Å². The second-order valence-electron chi connectivity index (χ2n) is 0.513. The van der Waals surface area contributed by atoms with Gasteiger partial charge in [0.1, 0.15) is 0 Å². The van der Waals surface area contributed by atoms with Crippen molar-refractivity contribution < 1.29 is 24.5 Å². The molecule has 0 aromatic carbocycles. The predicted molar refractivity (Wildman–Crippen MR) is 27.4 cm³/mol. The van der Waals surface area contributed by atoms with Crippen molar-refractivity contribution in [2.45, 2.75) is 0 Å². The Morgan fingerprint density at radius 1 is 1.12 bits per heavy atom. The first-order valence-electron chi connectivity index (χ1n) is 1.04. The van der Waals surface area contributed by atoms with Gasteiger partial charge in [0, 0.05) is 0 Å². The van der Waals surface area contributed by atoms with Crippen LogP contribution in [0.25, 0.3) is 0 Å². The minimum atomic E-state index is -4.64. The normalized spacial score (nSPS) is 8.12. The van der Waals surface area contributed by atoms with Crippen LogP contribution in [0.5, 0.6) is 0 Å². The molecule has 0 aromatic rings. The monoisotopic (exact) mass is 155 g/mol. The molecule has 0 atom stereocenters. The Bertz CT molecular complexity index is 58.6. The molecule has 0 aliphatic rings. The number of phosphoric acid groups is 1. The van der Waals surface area contributed by atoms with Crippen LogP contribution in [0.1, 0.15) is 0 Å². The van der Waals surface area contributed by atoms with Gasteiger partial charge in [-0.25, -0.2) is 10.5 Å². The van der Waals surface area contributed by atoms with E-state index >= 15 is 0 Å². The zero-order chi connectivity index (χ0) is 6.50. The molecule has 0 unspecified atom stereocenters. The summed E-state index contributed by atoms with van der Waals surface area (Å²) >= 11 is 0. The molecule has 0 aliphatic heterocycles. The molecule has 6 nitrogen and oxygen atoms in total. The minimum absolute atomic E-state index is 0. The van der Waals surface area contributed by atoms with Crippen molar-refractivity contribution in [3.8, 4) is 0 Å². The summed E-state index contributed by atoms with van der Waals surface area (Å²) in [6.45, 7) is 0. The van der Waals surface area contributed by atoms with Crippen molar-refractivity contribution in [1.29, 1.82) is 0 Å². The predicted octanol–water partition coefficient (Wildman–Crippen LogP) is -2.24. The van der Waals surface area contributed by atoms with Crippen LogP contribution in [-0.2, 0) is 4.57 Å². The Balaban J connectivity index is -0.0000000750. The van der Waals surface area contributed by atoms with E-state index in [1.54, 1.807) is 0 Å². The van der Waals surface area contributed by atoms with Gasteiger partial charge in [-0.05, 0) is 0 Å². The van der Waals surface area contributed by atoms with Crippen molar-refractivity contribution in [1.82, 2.24) is 0 Å². The van der Waals surface area contributed by atoms with Crippen LogP contribution >= 0.6 is 7.82 Å². The molecule has 0 amide bonds. The van der Waals surface area contributed by atoms with Gasteiger partial charge in [0.2, 0.25) is 0 Å². The topological polar surface area (TPSA) is 124 Å². The van der Waals surface area contributed by atoms with E-state index in [4.69, 9.17) is 24.5 Å². The van der Waals surface area contributed by atoms with Crippen LogP contribution in [-0.4, -0.2) is 49.4 Å². The molecule has 0 saturated heterocycles. The molecule has 0 rings (SSSR count). The van der Waals surface area contributed by atoms with E-state index in [0.717, 1.165) is 0 Å². The third-order valence-electron chi connectivity index (χ3n) is 0. The zero-order valence-corrected chi connectivity index (χ0v) is 4.12. The van der Waals surface area contributed by atoms with Crippen molar-refractivity contribution in [3.63, 3.8) is 0 Å². The van der Waals surface area contributed by atoms with Crippen molar-refractivity contribution in [3.05, 3.63) is 0 Å². The fraction of sp³-hybridized carbons (Fsp3) is 0. The van der Waals surface area contributed by atoms with Gasteiger partial charge in [-0.1, -0.05) is 0 Å². The first-order valence-corrected chi connectivity index (χ1v) is 2.61. The summed E-state index contributed by atoms with van der Waals surface area (Å²) < 4.78 is 8.88. The summed E-state index contributed by atoms with van der Waals surface area (Å²) in [5, 5.41) is 6.50. The molecule has 8 heteroatoms. The molecule has 0 spiro atoms. The SMILES string of the molecule is NO.O=P(O)(O)O.[NaH]. The number of nitrogens with two attached hydrogens (primary N) is 1. The standard InChI is InChI=1S/H3NO.Na.H3O4P.H/c1-2;;1-5(2,3)4;/h2H,1H2;;(H3,1,2,3,4);. The zero-order valence-electron chi connectivity index (χ0n) is 3.22. The molecule has 0 bridgehead atoms. The third-order valence-corrected chi connectivity index (χ3v) is 0. The van der Waals surface area contributed by atoms with Gasteiger partial charge in [-0.3, -0.25) is 0 Å². The summed E-state index contributed by atoms with van der Waals surface area (Å²) in [5.41, 5.74) is 0. The van der Waals surface area contributed by atoms with E-state index < -0.39 is 7.82 Å². The summed E-state index contributed by atoms with van der Waals surface area (Å²) in [4.78, 5) is 21.6. The van der Waals surface area contributed by atoms with Crippen molar-refractivity contribution >= 4 is 37.4 Å². The molecule has 0 aromatic heterocycles. The molecule has 0 aliphatic carbocycles. The Labute approximate surface area is 67.8 Å².